The van der Waals surface area contributed by atoms with E-state index >= 15 is 0 Å². The summed E-state index contributed by atoms with van der Waals surface area (Å²) < 4.78 is 1.65. The topological polar surface area (TPSA) is 71.1 Å². The van der Waals surface area contributed by atoms with E-state index in [-0.39, 0.29) is 29.8 Å². The van der Waals surface area contributed by atoms with Gasteiger partial charge in [0.05, 0.1) is 27.2 Å². The first-order valence-electron chi connectivity index (χ1n) is 10.3. The van der Waals surface area contributed by atoms with Crippen LogP contribution >= 0.6 is 35.6 Å². The molecular weight excluding hydrogens is 471 g/mol. The molecule has 0 saturated carbocycles. The largest absolute Gasteiger partial charge is 0.366 e. The Labute approximate surface area is 202 Å². The van der Waals surface area contributed by atoms with Crippen LogP contribution in [0.3, 0.4) is 0 Å². The summed E-state index contributed by atoms with van der Waals surface area (Å²) in [5.74, 6) is -0.292. The summed E-state index contributed by atoms with van der Waals surface area (Å²) in [4.78, 5) is 29.6. The van der Waals surface area contributed by atoms with E-state index < -0.39 is 0 Å². The van der Waals surface area contributed by atoms with Gasteiger partial charge in [0.2, 0.25) is 5.91 Å². The predicted octanol–water partition coefficient (Wildman–Crippen LogP) is 3.81. The fourth-order valence-electron chi connectivity index (χ4n) is 4.14. The standard InChI is InChI=1S/C23H24Cl2N4O2.ClH/c24-18-5-4-16(15-19(18)25)17(8-9-26)23(31)28-13-11-27(12-14-28)20-6-7-22(30)29-10-2-1-3-21(20)29;/h1-7,10,15,17H,8-9,11-14,26H2;1H. The summed E-state index contributed by atoms with van der Waals surface area (Å²) in [7, 11) is 0. The molecule has 170 valence electrons. The molecule has 0 radical (unpaired) electrons. The fourth-order valence-corrected chi connectivity index (χ4v) is 4.45. The predicted molar refractivity (Wildman–Crippen MR) is 133 cm³/mol. The van der Waals surface area contributed by atoms with Crippen LogP contribution in [0.2, 0.25) is 10.0 Å². The van der Waals surface area contributed by atoms with Gasteiger partial charge in [0.15, 0.2) is 0 Å². The number of halogens is 3. The minimum absolute atomic E-state index is 0. The SMILES string of the molecule is Cl.NCCC(C(=O)N1CCN(c2ccc(=O)n3ccccc23)CC1)c1ccc(Cl)c(Cl)c1. The molecule has 1 saturated heterocycles. The number of fused-ring (bicyclic) bond motifs is 1. The van der Waals surface area contributed by atoms with Crippen molar-refractivity contribution in [1.29, 1.82) is 0 Å². The van der Waals surface area contributed by atoms with Crippen molar-refractivity contribution in [3.63, 3.8) is 0 Å². The van der Waals surface area contributed by atoms with Crippen LogP contribution < -0.4 is 16.2 Å². The zero-order valence-electron chi connectivity index (χ0n) is 17.4. The van der Waals surface area contributed by atoms with Crippen LogP contribution in [0, 0.1) is 0 Å². The molecule has 1 fully saturated rings. The van der Waals surface area contributed by atoms with Crippen molar-refractivity contribution >= 4 is 52.7 Å². The second-order valence-corrected chi connectivity index (χ2v) is 8.44. The Morgan fingerprint density at radius 2 is 1.75 bits per heavy atom. The van der Waals surface area contributed by atoms with Gasteiger partial charge in [-0.3, -0.25) is 14.0 Å². The van der Waals surface area contributed by atoms with Crippen molar-refractivity contribution in [2.45, 2.75) is 12.3 Å². The molecule has 6 nitrogen and oxygen atoms in total. The van der Waals surface area contributed by atoms with Crippen molar-refractivity contribution in [2.75, 3.05) is 37.6 Å². The van der Waals surface area contributed by atoms with E-state index in [9.17, 15) is 9.59 Å². The minimum atomic E-state index is -0.345. The number of carbonyl (C=O) groups excluding carboxylic acids is 1. The molecule has 1 aliphatic heterocycles. The fraction of sp³-hybridized carbons (Fsp3) is 0.304. The van der Waals surface area contributed by atoms with Crippen LogP contribution in [-0.2, 0) is 4.79 Å². The Bertz CT molecular complexity index is 1160. The Hall–Kier alpha value is -2.25. The Balaban J connectivity index is 0.00000289. The van der Waals surface area contributed by atoms with Gasteiger partial charge in [0.1, 0.15) is 0 Å². The quantitative estimate of drug-likeness (QED) is 0.584. The van der Waals surface area contributed by atoms with E-state index in [1.165, 1.54) is 0 Å². The van der Waals surface area contributed by atoms with Gasteiger partial charge in [-0.2, -0.15) is 0 Å². The maximum absolute atomic E-state index is 13.3. The zero-order chi connectivity index (χ0) is 22.0. The van der Waals surface area contributed by atoms with E-state index in [0.29, 0.717) is 49.2 Å². The summed E-state index contributed by atoms with van der Waals surface area (Å²) in [6, 6.07) is 14.5. The lowest BCUT2D eigenvalue weighted by Crippen LogP contribution is -2.50. The number of amides is 1. The number of rotatable bonds is 5. The lowest BCUT2D eigenvalue weighted by molar-refractivity contribution is -0.133. The van der Waals surface area contributed by atoms with Crippen LogP contribution in [-0.4, -0.2) is 47.9 Å². The van der Waals surface area contributed by atoms with Crippen molar-refractivity contribution < 1.29 is 4.79 Å². The number of hydrogen-bond donors (Lipinski definition) is 1. The van der Waals surface area contributed by atoms with Crippen LogP contribution in [0.5, 0.6) is 0 Å². The Morgan fingerprint density at radius 3 is 2.44 bits per heavy atom. The second-order valence-electron chi connectivity index (χ2n) is 7.63. The number of piperazine rings is 1. The maximum Gasteiger partial charge on any atom is 0.255 e. The molecule has 1 aromatic carbocycles. The van der Waals surface area contributed by atoms with E-state index in [2.05, 4.69) is 4.90 Å². The van der Waals surface area contributed by atoms with E-state index in [0.717, 1.165) is 16.8 Å². The molecule has 2 aromatic heterocycles. The first-order valence-corrected chi connectivity index (χ1v) is 11.0. The number of benzene rings is 1. The third-order valence-electron chi connectivity index (χ3n) is 5.78. The Morgan fingerprint density at radius 1 is 1.00 bits per heavy atom. The highest BCUT2D eigenvalue weighted by Crippen LogP contribution is 2.30. The third kappa shape index (κ3) is 4.89. The van der Waals surface area contributed by atoms with E-state index in [4.69, 9.17) is 28.9 Å². The summed E-state index contributed by atoms with van der Waals surface area (Å²) >= 11 is 12.2. The molecule has 0 aliphatic carbocycles. The summed E-state index contributed by atoms with van der Waals surface area (Å²) in [6.45, 7) is 2.97. The second kappa shape index (κ2) is 10.6. The number of nitrogens with two attached hydrogens (primary N) is 1. The van der Waals surface area contributed by atoms with Gasteiger partial charge in [-0.25, -0.2) is 0 Å². The van der Waals surface area contributed by atoms with Crippen LogP contribution in [0.1, 0.15) is 17.9 Å². The van der Waals surface area contributed by atoms with Gasteiger partial charge in [0, 0.05) is 38.4 Å². The average molecular weight is 496 g/mol. The van der Waals surface area contributed by atoms with Gasteiger partial charge in [-0.05, 0) is 48.9 Å². The van der Waals surface area contributed by atoms with Crippen molar-refractivity contribution in [1.82, 2.24) is 9.30 Å². The van der Waals surface area contributed by atoms with E-state index in [1.807, 2.05) is 35.2 Å². The van der Waals surface area contributed by atoms with Gasteiger partial charge < -0.3 is 15.5 Å². The van der Waals surface area contributed by atoms with Gasteiger partial charge in [0.25, 0.3) is 5.56 Å². The Kier molecular flexibility index (Phi) is 8.06. The van der Waals surface area contributed by atoms with Crippen molar-refractivity contribution in [3.8, 4) is 0 Å². The van der Waals surface area contributed by atoms with Crippen LogP contribution in [0.4, 0.5) is 5.69 Å². The number of hydrogen-bond acceptors (Lipinski definition) is 4. The zero-order valence-corrected chi connectivity index (χ0v) is 19.7. The molecular formula is C23H25Cl3N4O2. The molecule has 3 heterocycles. The van der Waals surface area contributed by atoms with Crippen molar-refractivity contribution in [3.05, 3.63) is 80.7 Å². The number of aromatic nitrogens is 1. The number of nitrogens with zero attached hydrogens (tertiary/aromatic N) is 3. The number of pyridine rings is 2. The van der Waals surface area contributed by atoms with Crippen LogP contribution in [0.25, 0.3) is 5.52 Å². The monoisotopic (exact) mass is 494 g/mol. The van der Waals surface area contributed by atoms with Gasteiger partial charge in [-0.15, -0.1) is 12.4 Å². The van der Waals surface area contributed by atoms with Gasteiger partial charge in [-0.1, -0.05) is 35.3 Å². The first kappa shape index (κ1) is 24.4. The smallest absolute Gasteiger partial charge is 0.255 e. The molecule has 3 aromatic rings. The number of carbonyl (C=O) groups is 1. The van der Waals surface area contributed by atoms with Crippen LogP contribution in [0.15, 0.2) is 59.5 Å². The molecule has 9 heteroatoms. The molecule has 1 atom stereocenters. The lowest BCUT2D eigenvalue weighted by atomic mass is 9.94. The normalized spacial score (nSPS) is 14.8. The first-order chi connectivity index (χ1) is 15.0. The lowest BCUT2D eigenvalue weighted by Gasteiger charge is -2.38. The third-order valence-corrected chi connectivity index (χ3v) is 6.51. The molecule has 4 rings (SSSR count). The highest BCUT2D eigenvalue weighted by Gasteiger charge is 2.29. The average Bonchev–Trinajstić information content (AvgIpc) is 2.80. The molecule has 1 aliphatic rings. The summed E-state index contributed by atoms with van der Waals surface area (Å²) in [5.41, 5.74) is 8.44. The highest BCUT2D eigenvalue weighted by atomic mass is 35.5. The van der Waals surface area contributed by atoms with Gasteiger partial charge >= 0.3 is 0 Å². The molecule has 2 N–H and O–H groups in total. The summed E-state index contributed by atoms with van der Waals surface area (Å²) in [6.07, 6.45) is 2.32. The number of anilines is 1. The molecule has 0 bridgehead atoms. The molecule has 0 spiro atoms. The minimum Gasteiger partial charge on any atom is -0.366 e. The maximum atomic E-state index is 13.3. The highest BCUT2D eigenvalue weighted by molar-refractivity contribution is 6.42. The molecule has 1 unspecified atom stereocenters. The van der Waals surface area contributed by atoms with E-state index in [1.54, 1.807) is 28.8 Å². The summed E-state index contributed by atoms with van der Waals surface area (Å²) in [5, 5.41) is 0.900. The van der Waals surface area contributed by atoms with Crippen molar-refractivity contribution in [2.24, 2.45) is 5.73 Å². The molecule has 32 heavy (non-hydrogen) atoms. The molecule has 1 amide bonds.